The van der Waals surface area contributed by atoms with Gasteiger partial charge in [0.2, 0.25) is 11.6 Å². The van der Waals surface area contributed by atoms with E-state index < -0.39 is 8.53 Å². The van der Waals surface area contributed by atoms with Crippen LogP contribution in [0.25, 0.3) is 0 Å². The minimum absolute atomic E-state index is 0. The predicted molar refractivity (Wildman–Crippen MR) is 232 cm³/mol. The Kier molecular flexibility index (Phi) is 17.2. The van der Waals surface area contributed by atoms with E-state index in [4.69, 9.17) is 14.3 Å². The third kappa shape index (κ3) is 11.3. The summed E-state index contributed by atoms with van der Waals surface area (Å²) < 4.78 is 17.3. The summed E-state index contributed by atoms with van der Waals surface area (Å²) in [6.45, 7) is 19.2. The number of benzene rings is 2. The number of rotatable bonds is 18. The summed E-state index contributed by atoms with van der Waals surface area (Å²) in [5.74, 6) is 0.155. The zero-order valence-corrected chi connectivity index (χ0v) is 37.6. The number of fused-ring (bicyclic) bond motifs is 2. The van der Waals surface area contributed by atoms with E-state index >= 15 is 0 Å². The van der Waals surface area contributed by atoms with E-state index in [2.05, 4.69) is 167 Å². The maximum atomic E-state index is 13.0. The van der Waals surface area contributed by atoms with E-state index in [1.165, 1.54) is 33.9 Å². The number of nitriles is 1. The molecule has 2 heterocycles. The Balaban J connectivity index is 0.00000720. The summed E-state index contributed by atoms with van der Waals surface area (Å²) in [5.41, 5.74) is 7.74. The predicted octanol–water partition coefficient (Wildman–Crippen LogP) is 7.77. The average molecular weight is 817 g/mol. The van der Waals surface area contributed by atoms with E-state index in [0.29, 0.717) is 19.4 Å². The van der Waals surface area contributed by atoms with Crippen LogP contribution in [0.5, 0.6) is 0 Å². The third-order valence-electron chi connectivity index (χ3n) is 11.7. The standard InChI is InChI=1S/C47H66N5O3P.ClH/c1-35(2)52(36(3)4)56(54-34-20-32-48)55-38-30-28-37(29-31-38)49-45(53)27-14-11-19-33-51-42-24-18-16-22-40(42)47(7,8)44(51)26-13-10-12-25-43-46(5,6)39-21-15-17-23-41(39)50(43)9;/h10,12-13,15-18,21-26,35-38H,11,14,19-20,27-31,33-34H2,1-9H3;1H. The van der Waals surface area contributed by atoms with Gasteiger partial charge in [-0.05, 0) is 97.8 Å². The summed E-state index contributed by atoms with van der Waals surface area (Å²) in [6, 6.07) is 20.4. The van der Waals surface area contributed by atoms with Crippen molar-refractivity contribution in [1.29, 1.82) is 5.26 Å². The molecule has 2 aromatic carbocycles. The maximum Gasteiger partial charge on any atom is 0.259 e. The number of carbonyl (C=O) groups excluding carboxylic acids is 1. The van der Waals surface area contributed by atoms with E-state index in [1.54, 1.807) is 0 Å². The lowest BCUT2D eigenvalue weighted by Gasteiger charge is -2.38. The Labute approximate surface area is 351 Å². The summed E-state index contributed by atoms with van der Waals surface area (Å²) in [4.78, 5) is 15.5. The molecule has 3 aliphatic rings. The van der Waals surface area contributed by atoms with Crippen molar-refractivity contribution in [2.75, 3.05) is 25.1 Å². The quantitative estimate of drug-likeness (QED) is 0.0718. The number of para-hydroxylation sites is 2. The van der Waals surface area contributed by atoms with Crippen LogP contribution in [0.1, 0.15) is 124 Å². The molecule has 2 aromatic rings. The number of nitrogens with zero attached hydrogens (tertiary/aromatic N) is 4. The highest BCUT2D eigenvalue weighted by Gasteiger charge is 2.43. The van der Waals surface area contributed by atoms with Gasteiger partial charge in [-0.2, -0.15) is 9.84 Å². The minimum atomic E-state index is -1.24. The molecule has 0 radical (unpaired) electrons. The van der Waals surface area contributed by atoms with Crippen LogP contribution in [0.15, 0.2) is 84.6 Å². The molecule has 0 spiro atoms. The van der Waals surface area contributed by atoms with Crippen LogP contribution in [0.4, 0.5) is 11.4 Å². The molecule has 1 fully saturated rings. The van der Waals surface area contributed by atoms with Crippen LogP contribution < -0.4 is 22.6 Å². The molecule has 0 bridgehead atoms. The van der Waals surface area contributed by atoms with E-state index in [9.17, 15) is 4.79 Å². The minimum Gasteiger partial charge on any atom is -1.00 e. The highest BCUT2D eigenvalue weighted by atomic mass is 35.5. The number of unbranched alkanes of at least 4 members (excludes halogenated alkanes) is 2. The molecule has 1 aliphatic carbocycles. The smallest absolute Gasteiger partial charge is 0.259 e. The van der Waals surface area contributed by atoms with Gasteiger partial charge in [-0.3, -0.25) is 4.79 Å². The fraction of sp³-hybridized carbons (Fsp3) is 0.553. The van der Waals surface area contributed by atoms with Crippen LogP contribution in [0.2, 0.25) is 0 Å². The second-order valence-electron chi connectivity index (χ2n) is 17.2. The molecule has 0 aromatic heterocycles. The molecule has 1 N–H and O–H groups in total. The van der Waals surface area contributed by atoms with Crippen molar-refractivity contribution < 1.29 is 30.8 Å². The van der Waals surface area contributed by atoms with Gasteiger partial charge in [0.25, 0.3) is 8.53 Å². The number of anilines is 1. The number of carbonyl (C=O) groups is 1. The van der Waals surface area contributed by atoms with Gasteiger partial charge in [-0.1, -0.05) is 74.9 Å². The molecular formula is C47H67ClN5O3P. The maximum absolute atomic E-state index is 13.0. The van der Waals surface area contributed by atoms with Crippen molar-refractivity contribution in [3.63, 3.8) is 0 Å². The fourth-order valence-corrected chi connectivity index (χ4v) is 10.6. The summed E-state index contributed by atoms with van der Waals surface area (Å²) >= 11 is 0. The topological polar surface area (TPSA) is 80.8 Å². The van der Waals surface area contributed by atoms with Gasteiger partial charge in [0.05, 0.1) is 30.6 Å². The Bertz CT molecular complexity index is 1810. The number of allylic oxidation sites excluding steroid dienone is 6. The molecule has 1 saturated carbocycles. The summed E-state index contributed by atoms with van der Waals surface area (Å²) in [7, 11) is 0.915. The molecule has 10 heteroatoms. The molecule has 2 aliphatic heterocycles. The molecular weight excluding hydrogens is 749 g/mol. The van der Waals surface area contributed by atoms with Crippen LogP contribution in [0, 0.1) is 11.3 Å². The zero-order chi connectivity index (χ0) is 40.5. The van der Waals surface area contributed by atoms with Gasteiger partial charge >= 0.3 is 0 Å². The second-order valence-corrected chi connectivity index (χ2v) is 18.6. The van der Waals surface area contributed by atoms with Gasteiger partial charge in [0.1, 0.15) is 7.05 Å². The summed E-state index contributed by atoms with van der Waals surface area (Å²) in [5, 5.41) is 12.3. The third-order valence-corrected chi connectivity index (χ3v) is 13.9. The van der Waals surface area contributed by atoms with Crippen LogP contribution in [-0.2, 0) is 24.7 Å². The molecule has 1 unspecified atom stereocenters. The van der Waals surface area contributed by atoms with Crippen molar-refractivity contribution in [2.45, 2.75) is 148 Å². The molecule has 57 heavy (non-hydrogen) atoms. The van der Waals surface area contributed by atoms with Crippen molar-refractivity contribution in [2.24, 2.45) is 0 Å². The fourth-order valence-electron chi connectivity index (χ4n) is 8.81. The van der Waals surface area contributed by atoms with Gasteiger partial charge in [-0.25, -0.2) is 4.67 Å². The van der Waals surface area contributed by atoms with Crippen molar-refractivity contribution in [3.8, 4) is 6.07 Å². The zero-order valence-electron chi connectivity index (χ0n) is 35.9. The lowest BCUT2D eigenvalue weighted by atomic mass is 9.81. The lowest BCUT2D eigenvalue weighted by Crippen LogP contribution is -3.00. The van der Waals surface area contributed by atoms with Crippen LogP contribution >= 0.6 is 8.53 Å². The van der Waals surface area contributed by atoms with Gasteiger partial charge in [-0.15, -0.1) is 0 Å². The van der Waals surface area contributed by atoms with Gasteiger partial charge < -0.3 is 31.7 Å². The number of hydrogen-bond acceptors (Lipinski definition) is 6. The monoisotopic (exact) mass is 815 g/mol. The highest BCUT2D eigenvalue weighted by Crippen LogP contribution is 2.49. The Morgan fingerprint density at radius 3 is 2.28 bits per heavy atom. The van der Waals surface area contributed by atoms with Crippen molar-refractivity contribution in [3.05, 3.63) is 95.7 Å². The van der Waals surface area contributed by atoms with Gasteiger partial charge in [0, 0.05) is 65.6 Å². The first-order valence-electron chi connectivity index (χ1n) is 20.9. The van der Waals surface area contributed by atoms with Crippen molar-refractivity contribution in [1.82, 2.24) is 9.99 Å². The first-order chi connectivity index (χ1) is 26.8. The number of halogens is 1. The molecule has 0 saturated heterocycles. The van der Waals surface area contributed by atoms with E-state index in [0.717, 1.165) is 51.5 Å². The SMILES string of the molecule is CC(C)N(C(C)C)P(OCCC#N)OC1CCC(NC(=O)CCCCCN2/C(=C/C=C/C=C/C3=[N+](C)c4ccccc4C3(C)C)C(C)(C)c3ccccc32)CC1.[Cl-]. The molecule has 8 nitrogen and oxygen atoms in total. The molecule has 1 atom stereocenters. The Morgan fingerprint density at radius 2 is 1.61 bits per heavy atom. The lowest BCUT2D eigenvalue weighted by molar-refractivity contribution is -0.401. The molecule has 1 amide bonds. The van der Waals surface area contributed by atoms with E-state index in [1.807, 2.05) is 0 Å². The number of nitrogens with one attached hydrogen (secondary N) is 1. The first kappa shape index (κ1) is 46.4. The van der Waals surface area contributed by atoms with Crippen molar-refractivity contribution >= 4 is 31.5 Å². The summed E-state index contributed by atoms with van der Waals surface area (Å²) in [6.07, 6.45) is 18.6. The highest BCUT2D eigenvalue weighted by molar-refractivity contribution is 7.44. The van der Waals surface area contributed by atoms with E-state index in [-0.39, 0.29) is 53.4 Å². The molecule has 310 valence electrons. The normalized spacial score (nSPS) is 21.1. The number of hydrogen-bond donors (Lipinski definition) is 1. The first-order valence-corrected chi connectivity index (χ1v) is 22.1. The Hall–Kier alpha value is -3.31. The second kappa shape index (κ2) is 21.1. The van der Waals surface area contributed by atoms with Gasteiger partial charge in [0.15, 0.2) is 5.71 Å². The van der Waals surface area contributed by atoms with Crippen LogP contribution in [-0.4, -0.2) is 65.3 Å². The molecule has 5 rings (SSSR count). The average Bonchev–Trinajstić information content (AvgIpc) is 3.49. The number of amides is 1. The van der Waals surface area contributed by atoms with Crippen LogP contribution in [0.3, 0.4) is 0 Å². The Morgan fingerprint density at radius 1 is 0.947 bits per heavy atom. The largest absolute Gasteiger partial charge is 1.00 e.